The highest BCUT2D eigenvalue weighted by atomic mass is 79.9. The maximum Gasteiger partial charge on any atom is 0.0377 e. The number of halogens is 1. The molecule has 0 bridgehead atoms. The predicted octanol–water partition coefficient (Wildman–Crippen LogP) is 4.58. The molecule has 0 aliphatic carbocycles. The van der Waals surface area contributed by atoms with Crippen LogP contribution in [0.15, 0.2) is 22.7 Å². The minimum atomic E-state index is 0.512. The lowest BCUT2D eigenvalue weighted by atomic mass is 9.82. The maximum atomic E-state index is 3.72. The van der Waals surface area contributed by atoms with Gasteiger partial charge in [0.15, 0.2) is 0 Å². The third-order valence-electron chi connectivity index (χ3n) is 4.26. The topological polar surface area (TPSA) is 15.3 Å². The van der Waals surface area contributed by atoms with Crippen molar-refractivity contribution in [3.63, 3.8) is 0 Å². The van der Waals surface area contributed by atoms with Crippen LogP contribution in [0.1, 0.15) is 45.6 Å². The van der Waals surface area contributed by atoms with Crippen LogP contribution in [0.2, 0.25) is 0 Å². The van der Waals surface area contributed by atoms with Crippen LogP contribution in [0.4, 0.5) is 5.69 Å². The normalized spacial score (nSPS) is 18.3. The highest BCUT2D eigenvalue weighted by molar-refractivity contribution is 9.10. The third-order valence-corrected chi connectivity index (χ3v) is 5.00. The van der Waals surface area contributed by atoms with Crippen molar-refractivity contribution in [3.05, 3.63) is 28.2 Å². The van der Waals surface area contributed by atoms with Gasteiger partial charge in [-0.05, 0) is 48.9 Å². The number of anilines is 1. The zero-order valence-corrected chi connectivity index (χ0v) is 14.6. The minimum Gasteiger partial charge on any atom is -0.371 e. The second-order valence-corrected chi connectivity index (χ2v) is 7.46. The zero-order valence-electron chi connectivity index (χ0n) is 13.0. The highest BCUT2D eigenvalue weighted by Crippen LogP contribution is 2.33. The molecule has 2 rings (SSSR count). The Bertz CT molecular complexity index is 433. The van der Waals surface area contributed by atoms with E-state index in [0.29, 0.717) is 5.41 Å². The van der Waals surface area contributed by atoms with Gasteiger partial charge in [-0.3, -0.25) is 0 Å². The van der Waals surface area contributed by atoms with Crippen molar-refractivity contribution in [1.29, 1.82) is 0 Å². The SMILES string of the molecule is CCCNCc1ccc(N2CCC(C)(C)CC2)cc1Br. The van der Waals surface area contributed by atoms with Crippen LogP contribution >= 0.6 is 15.9 Å². The van der Waals surface area contributed by atoms with E-state index >= 15 is 0 Å². The van der Waals surface area contributed by atoms with E-state index in [2.05, 4.69) is 65.1 Å². The molecule has 1 heterocycles. The Kier molecular flexibility index (Phi) is 5.50. The molecular formula is C17H27BrN2. The number of benzene rings is 1. The number of hydrogen-bond donors (Lipinski definition) is 1. The molecule has 1 N–H and O–H groups in total. The van der Waals surface area contributed by atoms with Gasteiger partial charge in [0.1, 0.15) is 0 Å². The lowest BCUT2D eigenvalue weighted by Gasteiger charge is -2.38. The smallest absolute Gasteiger partial charge is 0.0377 e. The Labute approximate surface area is 132 Å². The van der Waals surface area contributed by atoms with E-state index in [9.17, 15) is 0 Å². The molecule has 0 aromatic heterocycles. The van der Waals surface area contributed by atoms with Crippen LogP contribution in [-0.4, -0.2) is 19.6 Å². The Balaban J connectivity index is 1.98. The Morgan fingerprint density at radius 3 is 2.55 bits per heavy atom. The van der Waals surface area contributed by atoms with Crippen molar-refractivity contribution >= 4 is 21.6 Å². The van der Waals surface area contributed by atoms with Gasteiger partial charge in [0.2, 0.25) is 0 Å². The Morgan fingerprint density at radius 2 is 1.95 bits per heavy atom. The molecule has 0 saturated carbocycles. The molecule has 1 aromatic carbocycles. The molecule has 3 heteroatoms. The van der Waals surface area contributed by atoms with E-state index < -0.39 is 0 Å². The number of nitrogens with zero attached hydrogens (tertiary/aromatic N) is 1. The van der Waals surface area contributed by atoms with Gasteiger partial charge in [-0.2, -0.15) is 0 Å². The summed E-state index contributed by atoms with van der Waals surface area (Å²) in [7, 11) is 0. The van der Waals surface area contributed by atoms with Crippen molar-refractivity contribution in [2.45, 2.75) is 46.6 Å². The van der Waals surface area contributed by atoms with Gasteiger partial charge < -0.3 is 10.2 Å². The second kappa shape index (κ2) is 6.95. The summed E-state index contributed by atoms with van der Waals surface area (Å²) in [6.45, 7) is 11.3. The van der Waals surface area contributed by atoms with Crippen LogP contribution < -0.4 is 10.2 Å². The van der Waals surface area contributed by atoms with Crippen molar-refractivity contribution in [3.8, 4) is 0 Å². The number of nitrogens with one attached hydrogen (secondary N) is 1. The number of rotatable bonds is 5. The summed E-state index contributed by atoms with van der Waals surface area (Å²) in [6, 6.07) is 6.80. The van der Waals surface area contributed by atoms with Crippen molar-refractivity contribution in [1.82, 2.24) is 5.32 Å². The van der Waals surface area contributed by atoms with Crippen LogP contribution in [0.25, 0.3) is 0 Å². The standard InChI is InChI=1S/C17H27BrN2/c1-4-9-19-13-14-5-6-15(12-16(14)18)20-10-7-17(2,3)8-11-20/h5-6,12,19H,4,7-11,13H2,1-3H3. The third kappa shape index (κ3) is 4.23. The Hall–Kier alpha value is -0.540. The van der Waals surface area contributed by atoms with Gasteiger partial charge in [0, 0.05) is 29.8 Å². The lowest BCUT2D eigenvalue weighted by Crippen LogP contribution is -2.37. The van der Waals surface area contributed by atoms with Crippen molar-refractivity contribution in [2.75, 3.05) is 24.5 Å². The summed E-state index contributed by atoms with van der Waals surface area (Å²) in [5.41, 5.74) is 3.21. The fraction of sp³-hybridized carbons (Fsp3) is 0.647. The first-order valence-corrected chi connectivity index (χ1v) is 8.55. The summed E-state index contributed by atoms with van der Waals surface area (Å²) in [5.74, 6) is 0. The van der Waals surface area contributed by atoms with Crippen molar-refractivity contribution < 1.29 is 0 Å². The lowest BCUT2D eigenvalue weighted by molar-refractivity contribution is 0.280. The molecule has 112 valence electrons. The summed E-state index contributed by atoms with van der Waals surface area (Å²) < 4.78 is 1.23. The van der Waals surface area contributed by atoms with Crippen LogP contribution in [0.5, 0.6) is 0 Å². The summed E-state index contributed by atoms with van der Waals surface area (Å²) >= 11 is 3.72. The van der Waals surface area contributed by atoms with E-state index in [1.54, 1.807) is 0 Å². The van der Waals surface area contributed by atoms with E-state index in [4.69, 9.17) is 0 Å². The quantitative estimate of drug-likeness (QED) is 0.790. The molecule has 1 aromatic rings. The number of piperidine rings is 1. The van der Waals surface area contributed by atoms with Gasteiger partial charge in [-0.15, -0.1) is 0 Å². The average molecular weight is 339 g/mol. The van der Waals surface area contributed by atoms with Crippen LogP contribution in [0, 0.1) is 5.41 Å². The molecular weight excluding hydrogens is 312 g/mol. The van der Waals surface area contributed by atoms with Gasteiger partial charge >= 0.3 is 0 Å². The molecule has 0 spiro atoms. The number of hydrogen-bond acceptors (Lipinski definition) is 2. The predicted molar refractivity (Wildman–Crippen MR) is 91.4 cm³/mol. The fourth-order valence-electron chi connectivity index (χ4n) is 2.65. The van der Waals surface area contributed by atoms with E-state index in [1.807, 2.05) is 0 Å². The van der Waals surface area contributed by atoms with Crippen LogP contribution in [0.3, 0.4) is 0 Å². The van der Waals surface area contributed by atoms with Gasteiger partial charge in [0.25, 0.3) is 0 Å². The van der Waals surface area contributed by atoms with Gasteiger partial charge in [-0.1, -0.05) is 42.8 Å². The first-order chi connectivity index (χ1) is 9.52. The molecule has 20 heavy (non-hydrogen) atoms. The van der Waals surface area contributed by atoms with E-state index in [-0.39, 0.29) is 0 Å². The maximum absolute atomic E-state index is 3.72. The molecule has 1 aliphatic heterocycles. The summed E-state index contributed by atoms with van der Waals surface area (Å²) in [5, 5.41) is 3.46. The fourth-order valence-corrected chi connectivity index (χ4v) is 3.15. The molecule has 1 saturated heterocycles. The van der Waals surface area contributed by atoms with Gasteiger partial charge in [0.05, 0.1) is 0 Å². The Morgan fingerprint density at radius 1 is 1.25 bits per heavy atom. The molecule has 1 aliphatic rings. The van der Waals surface area contributed by atoms with E-state index in [1.165, 1.54) is 48.1 Å². The van der Waals surface area contributed by atoms with Crippen LogP contribution in [-0.2, 0) is 6.54 Å². The van der Waals surface area contributed by atoms with Gasteiger partial charge in [-0.25, -0.2) is 0 Å². The average Bonchev–Trinajstić information content (AvgIpc) is 2.41. The van der Waals surface area contributed by atoms with Crippen molar-refractivity contribution in [2.24, 2.45) is 5.41 Å². The molecule has 0 unspecified atom stereocenters. The summed E-state index contributed by atoms with van der Waals surface area (Å²) in [4.78, 5) is 2.51. The minimum absolute atomic E-state index is 0.512. The molecule has 2 nitrogen and oxygen atoms in total. The second-order valence-electron chi connectivity index (χ2n) is 6.60. The van der Waals surface area contributed by atoms with E-state index in [0.717, 1.165) is 13.1 Å². The highest BCUT2D eigenvalue weighted by Gasteiger charge is 2.25. The first kappa shape index (κ1) is 15.8. The first-order valence-electron chi connectivity index (χ1n) is 7.76. The summed E-state index contributed by atoms with van der Waals surface area (Å²) in [6.07, 6.45) is 3.74. The molecule has 1 fully saturated rings. The monoisotopic (exact) mass is 338 g/mol. The molecule has 0 atom stereocenters. The molecule has 0 amide bonds. The zero-order chi connectivity index (χ0) is 14.6. The molecule has 0 radical (unpaired) electrons. The largest absolute Gasteiger partial charge is 0.371 e.